The highest BCUT2D eigenvalue weighted by Crippen LogP contribution is 2.05. The minimum Gasteiger partial charge on any atom is -0.303 e. The fraction of sp³-hybridized carbons (Fsp3) is 0.250. The van der Waals surface area contributed by atoms with Gasteiger partial charge in [0.15, 0.2) is 0 Å². The monoisotopic (exact) mass is 214 g/mol. The van der Waals surface area contributed by atoms with E-state index in [0.29, 0.717) is 11.3 Å². The third-order valence-corrected chi connectivity index (χ3v) is 2.31. The van der Waals surface area contributed by atoms with E-state index in [1.54, 1.807) is 25.3 Å². The topological polar surface area (TPSA) is 91.1 Å². The molecule has 0 fully saturated rings. The molecule has 5 nitrogen and oxygen atoms in total. The van der Waals surface area contributed by atoms with Gasteiger partial charge in [-0.15, -0.1) is 0 Å². The predicted octanol–water partition coefficient (Wildman–Crippen LogP) is 0.646. The molecule has 0 saturated carbocycles. The second-order valence-corrected chi connectivity index (χ2v) is 4.29. The van der Waals surface area contributed by atoms with Crippen LogP contribution in [0.5, 0.6) is 0 Å². The second kappa shape index (κ2) is 3.85. The van der Waals surface area contributed by atoms with Crippen molar-refractivity contribution in [3.63, 3.8) is 0 Å². The van der Waals surface area contributed by atoms with Crippen molar-refractivity contribution in [1.29, 1.82) is 5.41 Å². The molecule has 0 spiro atoms. The van der Waals surface area contributed by atoms with Gasteiger partial charge in [0, 0.05) is 17.5 Å². The van der Waals surface area contributed by atoms with Crippen molar-refractivity contribution >= 4 is 15.8 Å². The molecule has 0 radical (unpaired) electrons. The SMILES string of the molecule is Cc1ncccc1C(=N)CS(=O)(=O)O. The van der Waals surface area contributed by atoms with E-state index in [0.717, 1.165) is 0 Å². The van der Waals surface area contributed by atoms with Crippen LogP contribution in [0, 0.1) is 12.3 Å². The minimum atomic E-state index is -4.14. The molecule has 0 aliphatic rings. The largest absolute Gasteiger partial charge is 0.303 e. The summed E-state index contributed by atoms with van der Waals surface area (Å²) >= 11 is 0. The maximum atomic E-state index is 10.5. The van der Waals surface area contributed by atoms with Gasteiger partial charge in [0.05, 0.1) is 5.71 Å². The number of nitrogens with one attached hydrogen (secondary N) is 1. The minimum absolute atomic E-state index is 0.155. The molecule has 1 rings (SSSR count). The summed E-state index contributed by atoms with van der Waals surface area (Å²) in [6, 6.07) is 3.21. The summed E-state index contributed by atoms with van der Waals surface area (Å²) in [6.07, 6.45) is 1.56. The molecule has 1 heterocycles. The zero-order valence-electron chi connectivity index (χ0n) is 7.56. The molecule has 0 aromatic carbocycles. The van der Waals surface area contributed by atoms with Gasteiger partial charge in [-0.1, -0.05) is 0 Å². The normalized spacial score (nSPS) is 11.3. The fourth-order valence-corrected chi connectivity index (χ4v) is 1.58. The van der Waals surface area contributed by atoms with Crippen LogP contribution in [0.4, 0.5) is 0 Å². The first kappa shape index (κ1) is 10.8. The number of hydrogen-bond donors (Lipinski definition) is 2. The van der Waals surface area contributed by atoms with Gasteiger partial charge in [-0.05, 0) is 19.1 Å². The van der Waals surface area contributed by atoms with E-state index in [1.165, 1.54) is 0 Å². The predicted molar refractivity (Wildman–Crippen MR) is 52.2 cm³/mol. The highest BCUT2D eigenvalue weighted by Gasteiger charge is 2.13. The van der Waals surface area contributed by atoms with Gasteiger partial charge < -0.3 is 5.41 Å². The summed E-state index contributed by atoms with van der Waals surface area (Å²) in [7, 11) is -4.14. The highest BCUT2D eigenvalue weighted by molar-refractivity contribution is 7.86. The molecule has 6 heteroatoms. The Morgan fingerprint density at radius 3 is 2.79 bits per heavy atom. The van der Waals surface area contributed by atoms with Crippen molar-refractivity contribution in [2.75, 3.05) is 5.75 Å². The summed E-state index contributed by atoms with van der Waals surface area (Å²) in [5.74, 6) is -0.681. The lowest BCUT2D eigenvalue weighted by Crippen LogP contribution is -2.16. The Balaban J connectivity index is 2.97. The van der Waals surface area contributed by atoms with E-state index in [-0.39, 0.29) is 5.71 Å². The average Bonchev–Trinajstić information content (AvgIpc) is 2.01. The van der Waals surface area contributed by atoms with E-state index < -0.39 is 15.9 Å². The van der Waals surface area contributed by atoms with Crippen LogP contribution in [0.25, 0.3) is 0 Å². The van der Waals surface area contributed by atoms with Crippen molar-refractivity contribution in [3.05, 3.63) is 29.6 Å². The molecule has 1 aromatic rings. The first-order chi connectivity index (χ1) is 6.40. The first-order valence-corrected chi connectivity index (χ1v) is 5.45. The van der Waals surface area contributed by atoms with Gasteiger partial charge in [-0.25, -0.2) is 0 Å². The Morgan fingerprint density at radius 2 is 2.29 bits per heavy atom. The third kappa shape index (κ3) is 2.90. The Bertz CT molecular complexity index is 453. The molecular formula is C8H10N2O3S. The zero-order chi connectivity index (χ0) is 10.8. The van der Waals surface area contributed by atoms with Crippen LogP contribution in [0.15, 0.2) is 18.3 Å². The first-order valence-electron chi connectivity index (χ1n) is 3.85. The summed E-state index contributed by atoms with van der Waals surface area (Å²) in [6.45, 7) is 1.67. The number of aromatic nitrogens is 1. The van der Waals surface area contributed by atoms with Crippen LogP contribution in [-0.2, 0) is 10.1 Å². The van der Waals surface area contributed by atoms with Crippen LogP contribution in [-0.4, -0.2) is 29.4 Å². The van der Waals surface area contributed by atoms with E-state index >= 15 is 0 Å². The highest BCUT2D eigenvalue weighted by atomic mass is 32.2. The number of nitrogens with zero attached hydrogens (tertiary/aromatic N) is 1. The molecule has 0 saturated heterocycles. The van der Waals surface area contributed by atoms with E-state index in [4.69, 9.17) is 9.96 Å². The Morgan fingerprint density at radius 1 is 1.64 bits per heavy atom. The summed E-state index contributed by atoms with van der Waals surface area (Å²) in [5, 5.41) is 7.45. The van der Waals surface area contributed by atoms with Crippen LogP contribution in [0.3, 0.4) is 0 Å². The van der Waals surface area contributed by atoms with E-state index in [2.05, 4.69) is 4.98 Å². The number of rotatable bonds is 3. The molecule has 14 heavy (non-hydrogen) atoms. The van der Waals surface area contributed by atoms with Crippen molar-refractivity contribution < 1.29 is 13.0 Å². The van der Waals surface area contributed by atoms with E-state index in [1.807, 2.05) is 0 Å². The summed E-state index contributed by atoms with van der Waals surface area (Å²) in [4.78, 5) is 3.91. The molecule has 0 amide bonds. The fourth-order valence-electron chi connectivity index (χ4n) is 1.06. The lowest BCUT2D eigenvalue weighted by molar-refractivity contribution is 0.488. The van der Waals surface area contributed by atoms with Crippen molar-refractivity contribution in [1.82, 2.24) is 4.98 Å². The molecular weight excluding hydrogens is 204 g/mol. The number of aryl methyl sites for hydroxylation is 1. The van der Waals surface area contributed by atoms with Gasteiger partial charge in [-0.2, -0.15) is 8.42 Å². The quantitative estimate of drug-likeness (QED) is 0.570. The van der Waals surface area contributed by atoms with Gasteiger partial charge in [0.1, 0.15) is 5.75 Å². The van der Waals surface area contributed by atoms with Gasteiger partial charge in [0.2, 0.25) is 0 Å². The maximum absolute atomic E-state index is 10.5. The molecule has 1 aromatic heterocycles. The molecule has 76 valence electrons. The maximum Gasteiger partial charge on any atom is 0.270 e. The third-order valence-electron chi connectivity index (χ3n) is 1.66. The molecule has 0 aliphatic carbocycles. The molecule has 0 atom stereocenters. The second-order valence-electron chi connectivity index (χ2n) is 2.84. The standard InChI is InChI=1S/C8H10N2O3S/c1-6-7(3-2-4-10-6)8(9)5-14(11,12)13/h2-4,9H,5H2,1H3,(H,11,12,13). The summed E-state index contributed by atoms with van der Waals surface area (Å²) in [5.41, 5.74) is 0.851. The lowest BCUT2D eigenvalue weighted by Gasteiger charge is -2.04. The smallest absolute Gasteiger partial charge is 0.270 e. The van der Waals surface area contributed by atoms with Crippen LogP contribution in [0.1, 0.15) is 11.3 Å². The zero-order valence-corrected chi connectivity index (χ0v) is 8.37. The average molecular weight is 214 g/mol. The molecule has 0 aliphatic heterocycles. The summed E-state index contributed by atoms with van der Waals surface area (Å²) < 4.78 is 29.6. The number of pyridine rings is 1. The molecule has 2 N–H and O–H groups in total. The lowest BCUT2D eigenvalue weighted by atomic mass is 10.1. The van der Waals surface area contributed by atoms with Crippen LogP contribution in [0.2, 0.25) is 0 Å². The Kier molecular flexibility index (Phi) is 2.97. The van der Waals surface area contributed by atoms with Crippen molar-refractivity contribution in [2.24, 2.45) is 0 Å². The molecule has 0 bridgehead atoms. The van der Waals surface area contributed by atoms with E-state index in [9.17, 15) is 8.42 Å². The van der Waals surface area contributed by atoms with Gasteiger partial charge in [-0.3, -0.25) is 9.54 Å². The van der Waals surface area contributed by atoms with Crippen molar-refractivity contribution in [2.45, 2.75) is 6.92 Å². The van der Waals surface area contributed by atoms with Crippen LogP contribution < -0.4 is 0 Å². The van der Waals surface area contributed by atoms with Crippen molar-refractivity contribution in [3.8, 4) is 0 Å². The number of hydrogen-bond acceptors (Lipinski definition) is 4. The Hall–Kier alpha value is -1.27. The molecule has 0 unspecified atom stereocenters. The van der Waals surface area contributed by atoms with Gasteiger partial charge >= 0.3 is 0 Å². The Labute approximate surface area is 82.1 Å². The van der Waals surface area contributed by atoms with Gasteiger partial charge in [0.25, 0.3) is 10.1 Å². The van der Waals surface area contributed by atoms with Crippen LogP contribution >= 0.6 is 0 Å².